The Bertz CT molecular complexity index is 1300. The van der Waals surface area contributed by atoms with Gasteiger partial charge in [0.2, 0.25) is 0 Å². The van der Waals surface area contributed by atoms with Gasteiger partial charge in [-0.05, 0) is 64.2 Å². The molecule has 3 rings (SSSR count). The van der Waals surface area contributed by atoms with E-state index >= 15 is 0 Å². The number of hydrogen-bond donors (Lipinski definition) is 1. The van der Waals surface area contributed by atoms with Crippen molar-refractivity contribution in [1.82, 2.24) is 14.9 Å². The van der Waals surface area contributed by atoms with Crippen LogP contribution in [-0.2, 0) is 20.7 Å². The van der Waals surface area contributed by atoms with Crippen LogP contribution < -0.4 is 10.1 Å². The Labute approximate surface area is 226 Å². The second-order valence-electron chi connectivity index (χ2n) is 8.60. The molecular weight excluding hydrogens is 511 g/mol. The Morgan fingerprint density at radius 3 is 2.71 bits per heavy atom. The van der Waals surface area contributed by atoms with E-state index in [4.69, 9.17) is 21.1 Å². The molecule has 1 aromatic heterocycles. The van der Waals surface area contributed by atoms with E-state index in [2.05, 4.69) is 15.3 Å². The summed E-state index contributed by atoms with van der Waals surface area (Å²) in [5.41, 5.74) is 1.90. The van der Waals surface area contributed by atoms with Gasteiger partial charge in [0.05, 0.1) is 23.8 Å². The number of esters is 1. The largest absolute Gasteiger partial charge is 0.494 e. The van der Waals surface area contributed by atoms with Gasteiger partial charge in [-0.1, -0.05) is 17.7 Å². The fourth-order valence-electron chi connectivity index (χ4n) is 3.80. The van der Waals surface area contributed by atoms with Gasteiger partial charge in [-0.3, -0.25) is 9.59 Å². The van der Waals surface area contributed by atoms with Gasteiger partial charge in [0.15, 0.2) is 5.78 Å². The molecular formula is C28H32ClFN4O4. The number of ether oxygens (including phenoxy) is 2. The molecule has 0 saturated carbocycles. The average Bonchev–Trinajstić information content (AvgIpc) is 2.87. The van der Waals surface area contributed by atoms with Crippen molar-refractivity contribution in [2.24, 2.45) is 0 Å². The van der Waals surface area contributed by atoms with Crippen LogP contribution in [0.25, 0.3) is 10.9 Å². The van der Waals surface area contributed by atoms with Gasteiger partial charge in [0.25, 0.3) is 0 Å². The fourth-order valence-corrected chi connectivity index (χ4v) is 3.98. The summed E-state index contributed by atoms with van der Waals surface area (Å²) in [5, 5.41) is 3.83. The first kappa shape index (κ1) is 29.0. The highest BCUT2D eigenvalue weighted by Gasteiger charge is 2.14. The minimum Gasteiger partial charge on any atom is -0.494 e. The summed E-state index contributed by atoms with van der Waals surface area (Å²) < 4.78 is 24.3. The smallest absolute Gasteiger partial charge is 0.305 e. The molecule has 1 heterocycles. The fraction of sp³-hybridized carbons (Fsp3) is 0.357. The topological polar surface area (TPSA) is 93.7 Å². The lowest BCUT2D eigenvalue weighted by Crippen LogP contribution is -2.20. The first-order valence-corrected chi connectivity index (χ1v) is 12.8. The first-order valence-electron chi connectivity index (χ1n) is 12.5. The molecule has 0 unspecified atom stereocenters. The summed E-state index contributed by atoms with van der Waals surface area (Å²) in [5.74, 6) is 0.281. The van der Waals surface area contributed by atoms with Crippen LogP contribution in [0.2, 0.25) is 5.02 Å². The zero-order valence-electron chi connectivity index (χ0n) is 21.8. The van der Waals surface area contributed by atoms with Crippen LogP contribution in [0.1, 0.15) is 32.3 Å². The lowest BCUT2D eigenvalue weighted by molar-refractivity contribution is -0.143. The van der Waals surface area contributed by atoms with Crippen molar-refractivity contribution in [2.45, 2.75) is 33.1 Å². The van der Waals surface area contributed by atoms with Gasteiger partial charge < -0.3 is 19.7 Å². The summed E-state index contributed by atoms with van der Waals surface area (Å²) >= 11 is 5.92. The third kappa shape index (κ3) is 8.49. The summed E-state index contributed by atoms with van der Waals surface area (Å²) in [4.78, 5) is 34.9. The summed E-state index contributed by atoms with van der Waals surface area (Å²) in [6.07, 6.45) is 5.98. The molecule has 8 nitrogen and oxygen atoms in total. The number of hydrogen-bond acceptors (Lipinski definition) is 8. The summed E-state index contributed by atoms with van der Waals surface area (Å²) in [6, 6.07) is 7.93. The number of anilines is 2. The van der Waals surface area contributed by atoms with Gasteiger partial charge in [-0.15, -0.1) is 0 Å². The van der Waals surface area contributed by atoms with Crippen LogP contribution in [0, 0.1) is 5.82 Å². The molecule has 0 fully saturated rings. The number of allylic oxidation sites excluding steroid dienone is 1. The van der Waals surface area contributed by atoms with Crippen molar-refractivity contribution in [1.29, 1.82) is 0 Å². The minimum absolute atomic E-state index is 0.00490. The molecule has 0 aliphatic heterocycles. The third-order valence-corrected chi connectivity index (χ3v) is 5.90. The zero-order chi connectivity index (χ0) is 27.5. The van der Waals surface area contributed by atoms with E-state index in [-0.39, 0.29) is 23.2 Å². The number of fused-ring (bicyclic) bond motifs is 1. The highest BCUT2D eigenvalue weighted by molar-refractivity contribution is 6.31. The maximum atomic E-state index is 13.6. The Balaban J connectivity index is 1.71. The molecule has 202 valence electrons. The van der Waals surface area contributed by atoms with Crippen molar-refractivity contribution in [3.05, 3.63) is 65.2 Å². The molecule has 0 spiro atoms. The number of nitrogens with zero attached hydrogens (tertiary/aromatic N) is 3. The van der Waals surface area contributed by atoms with Gasteiger partial charge in [-0.25, -0.2) is 14.4 Å². The van der Waals surface area contributed by atoms with E-state index < -0.39 is 5.82 Å². The number of carbonyl (C=O) groups is 2. The van der Waals surface area contributed by atoms with Gasteiger partial charge in [-0.2, -0.15) is 0 Å². The Morgan fingerprint density at radius 2 is 1.97 bits per heavy atom. The molecule has 2 aromatic carbocycles. The van der Waals surface area contributed by atoms with Crippen molar-refractivity contribution in [3.8, 4) is 5.75 Å². The molecule has 0 atom stereocenters. The standard InChI is InChI=1S/C28H32ClFN4O4/c1-4-37-26-17-25-22(28(32-18-31-25)33-20-10-11-24(30)23(29)16-20)15-19(26)14-21(35)8-6-12-34(3)13-7-9-27(36)38-5-2/h6,8,10-11,15-18H,4-5,7,9,12-14H2,1-3H3,(H,31,32,33)/b8-6+. The summed E-state index contributed by atoms with van der Waals surface area (Å²) in [6.45, 7) is 5.77. The number of carbonyl (C=O) groups excluding carboxylic acids is 2. The molecule has 0 bridgehead atoms. The SMILES string of the molecule is CCOC(=O)CCCN(C)C/C=C/C(=O)Cc1cc2c(Nc3ccc(F)c(Cl)c3)ncnc2cc1OCC. The van der Waals surface area contributed by atoms with Crippen LogP contribution in [0.15, 0.2) is 48.8 Å². The number of halogens is 2. The normalized spacial score (nSPS) is 11.3. The van der Waals surface area contributed by atoms with Gasteiger partial charge in [0, 0.05) is 42.1 Å². The van der Waals surface area contributed by atoms with Crippen LogP contribution >= 0.6 is 11.6 Å². The van der Waals surface area contributed by atoms with Crippen molar-refractivity contribution < 1.29 is 23.5 Å². The number of likely N-dealkylation sites (N-methyl/N-ethyl adjacent to an activating group) is 1. The molecule has 38 heavy (non-hydrogen) atoms. The van der Waals surface area contributed by atoms with Gasteiger partial charge in [0.1, 0.15) is 23.7 Å². The maximum Gasteiger partial charge on any atom is 0.305 e. The lowest BCUT2D eigenvalue weighted by Gasteiger charge is -2.14. The quantitative estimate of drug-likeness (QED) is 0.211. The van der Waals surface area contributed by atoms with E-state index in [1.165, 1.54) is 18.5 Å². The lowest BCUT2D eigenvalue weighted by atomic mass is 10.0. The average molecular weight is 543 g/mol. The second kappa shape index (κ2) is 14.4. The van der Waals surface area contributed by atoms with Crippen LogP contribution in [0.5, 0.6) is 5.75 Å². The van der Waals surface area contributed by atoms with Crippen LogP contribution in [-0.4, -0.2) is 60.0 Å². The predicted molar refractivity (Wildman–Crippen MR) is 147 cm³/mol. The maximum absolute atomic E-state index is 13.6. The van der Waals surface area contributed by atoms with E-state index in [1.807, 2.05) is 31.0 Å². The number of aromatic nitrogens is 2. The van der Waals surface area contributed by atoms with E-state index in [0.717, 1.165) is 0 Å². The highest BCUT2D eigenvalue weighted by atomic mass is 35.5. The summed E-state index contributed by atoms with van der Waals surface area (Å²) in [7, 11) is 1.93. The van der Waals surface area contributed by atoms with E-state index in [0.29, 0.717) is 72.9 Å². The molecule has 0 amide bonds. The van der Waals surface area contributed by atoms with Crippen molar-refractivity contribution in [3.63, 3.8) is 0 Å². The van der Waals surface area contributed by atoms with Crippen LogP contribution in [0.4, 0.5) is 15.9 Å². The number of benzene rings is 2. The van der Waals surface area contributed by atoms with E-state index in [9.17, 15) is 14.0 Å². The molecule has 0 saturated heterocycles. The molecule has 0 aliphatic carbocycles. The van der Waals surface area contributed by atoms with Crippen molar-refractivity contribution >= 4 is 45.8 Å². The number of ketones is 1. The number of rotatable bonds is 14. The minimum atomic E-state index is -0.511. The Morgan fingerprint density at radius 1 is 1.16 bits per heavy atom. The molecule has 1 N–H and O–H groups in total. The van der Waals surface area contributed by atoms with Crippen LogP contribution in [0.3, 0.4) is 0 Å². The monoisotopic (exact) mass is 542 g/mol. The molecule has 10 heteroatoms. The first-order chi connectivity index (χ1) is 18.3. The van der Waals surface area contributed by atoms with E-state index in [1.54, 1.807) is 25.1 Å². The molecule has 0 radical (unpaired) electrons. The third-order valence-electron chi connectivity index (χ3n) is 5.61. The second-order valence-corrected chi connectivity index (χ2v) is 9.01. The Hall–Kier alpha value is -3.56. The number of nitrogens with one attached hydrogen (secondary N) is 1. The highest BCUT2D eigenvalue weighted by Crippen LogP contribution is 2.31. The van der Waals surface area contributed by atoms with Gasteiger partial charge >= 0.3 is 5.97 Å². The molecule has 0 aliphatic rings. The molecule has 3 aromatic rings. The predicted octanol–water partition coefficient (Wildman–Crippen LogP) is 5.51. The van der Waals surface area contributed by atoms with Crippen molar-refractivity contribution in [2.75, 3.05) is 38.7 Å². The Kier molecular flexibility index (Phi) is 11.0. The zero-order valence-corrected chi connectivity index (χ0v) is 22.6.